The lowest BCUT2D eigenvalue weighted by Crippen LogP contribution is -2.52. The summed E-state index contributed by atoms with van der Waals surface area (Å²) in [6.07, 6.45) is 0.836. The van der Waals surface area contributed by atoms with Gasteiger partial charge in [0.15, 0.2) is 0 Å². The lowest BCUT2D eigenvalue weighted by Gasteiger charge is -2.38. The third-order valence-electron chi connectivity index (χ3n) is 3.25. The number of anilines is 1. The third-order valence-corrected chi connectivity index (χ3v) is 3.25. The fourth-order valence-electron chi connectivity index (χ4n) is 2.36. The SMILES string of the molecule is CN1CC(CCN)CN(c2ccccc2F)C1=O. The number of para-hydroxylation sites is 1. The highest BCUT2D eigenvalue weighted by atomic mass is 19.1. The van der Waals surface area contributed by atoms with E-state index in [1.54, 1.807) is 30.1 Å². The molecule has 1 saturated heterocycles. The van der Waals surface area contributed by atoms with Crippen molar-refractivity contribution >= 4 is 11.7 Å². The van der Waals surface area contributed by atoms with Gasteiger partial charge in [0, 0.05) is 20.1 Å². The van der Waals surface area contributed by atoms with Gasteiger partial charge in [0.2, 0.25) is 0 Å². The Bertz CT molecular complexity index is 438. The summed E-state index contributed by atoms with van der Waals surface area (Å²) >= 11 is 0. The van der Waals surface area contributed by atoms with Crippen LogP contribution in [0.4, 0.5) is 14.9 Å². The van der Waals surface area contributed by atoms with E-state index in [4.69, 9.17) is 5.73 Å². The molecule has 0 radical (unpaired) electrons. The number of urea groups is 1. The second-order valence-corrected chi connectivity index (χ2v) is 4.67. The minimum absolute atomic E-state index is 0.159. The summed E-state index contributed by atoms with van der Waals surface area (Å²) in [5.41, 5.74) is 5.90. The molecule has 1 aromatic carbocycles. The van der Waals surface area contributed by atoms with E-state index in [1.807, 2.05) is 0 Å². The minimum Gasteiger partial charge on any atom is -0.330 e. The van der Waals surface area contributed by atoms with Crippen molar-refractivity contribution in [2.75, 3.05) is 31.6 Å². The van der Waals surface area contributed by atoms with Gasteiger partial charge in [0.1, 0.15) is 5.82 Å². The smallest absolute Gasteiger partial charge is 0.324 e. The molecule has 2 amide bonds. The number of rotatable bonds is 3. The highest BCUT2D eigenvalue weighted by molar-refractivity contribution is 5.92. The Morgan fingerprint density at radius 2 is 2.11 bits per heavy atom. The van der Waals surface area contributed by atoms with Crippen LogP contribution in [0, 0.1) is 11.7 Å². The van der Waals surface area contributed by atoms with Gasteiger partial charge in [-0.05, 0) is 31.0 Å². The van der Waals surface area contributed by atoms with E-state index in [9.17, 15) is 9.18 Å². The standard InChI is InChI=1S/C13H18FN3O/c1-16-8-10(6-7-15)9-17(13(16)18)12-5-3-2-4-11(12)14/h2-5,10H,6-9,15H2,1H3. The number of benzene rings is 1. The predicted octanol–water partition coefficient (Wildman–Crippen LogP) is 1.66. The number of amides is 2. The quantitative estimate of drug-likeness (QED) is 0.888. The van der Waals surface area contributed by atoms with Gasteiger partial charge in [-0.1, -0.05) is 12.1 Å². The van der Waals surface area contributed by atoms with E-state index < -0.39 is 0 Å². The molecule has 0 spiro atoms. The number of nitrogens with two attached hydrogens (primary N) is 1. The average Bonchev–Trinajstić information content (AvgIpc) is 2.35. The van der Waals surface area contributed by atoms with Crippen LogP contribution in [0.2, 0.25) is 0 Å². The normalized spacial score (nSPS) is 20.4. The number of halogens is 1. The first-order valence-corrected chi connectivity index (χ1v) is 6.10. The van der Waals surface area contributed by atoms with E-state index in [0.717, 1.165) is 6.42 Å². The summed E-state index contributed by atoms with van der Waals surface area (Å²) in [6.45, 7) is 1.79. The molecule has 98 valence electrons. The summed E-state index contributed by atoms with van der Waals surface area (Å²) < 4.78 is 13.8. The summed E-state index contributed by atoms with van der Waals surface area (Å²) in [6, 6.07) is 6.20. The monoisotopic (exact) mass is 251 g/mol. The van der Waals surface area contributed by atoms with Gasteiger partial charge in [0.05, 0.1) is 5.69 Å². The van der Waals surface area contributed by atoms with Crippen molar-refractivity contribution in [3.05, 3.63) is 30.1 Å². The van der Waals surface area contributed by atoms with Crippen LogP contribution in [0.25, 0.3) is 0 Å². The van der Waals surface area contributed by atoms with E-state index in [1.165, 1.54) is 11.0 Å². The van der Waals surface area contributed by atoms with Crippen LogP contribution in [0.1, 0.15) is 6.42 Å². The summed E-state index contributed by atoms with van der Waals surface area (Å²) in [5, 5.41) is 0. The Morgan fingerprint density at radius 1 is 1.39 bits per heavy atom. The van der Waals surface area contributed by atoms with Crippen LogP contribution in [0.15, 0.2) is 24.3 Å². The van der Waals surface area contributed by atoms with Crippen LogP contribution in [-0.4, -0.2) is 37.6 Å². The molecule has 1 atom stereocenters. The molecule has 2 rings (SSSR count). The molecular formula is C13H18FN3O. The molecule has 2 N–H and O–H groups in total. The minimum atomic E-state index is -0.368. The molecular weight excluding hydrogens is 233 g/mol. The van der Waals surface area contributed by atoms with Crippen molar-refractivity contribution in [1.29, 1.82) is 0 Å². The van der Waals surface area contributed by atoms with Gasteiger partial charge < -0.3 is 10.6 Å². The molecule has 1 unspecified atom stereocenters. The van der Waals surface area contributed by atoms with Crippen LogP contribution >= 0.6 is 0 Å². The van der Waals surface area contributed by atoms with Crippen molar-refractivity contribution in [2.24, 2.45) is 11.7 Å². The zero-order valence-electron chi connectivity index (χ0n) is 10.5. The molecule has 1 aromatic rings. The molecule has 0 aromatic heterocycles. The second kappa shape index (κ2) is 5.35. The fourth-order valence-corrected chi connectivity index (χ4v) is 2.36. The summed E-state index contributed by atoms with van der Waals surface area (Å²) in [5.74, 6) is -0.0787. The molecule has 4 nitrogen and oxygen atoms in total. The summed E-state index contributed by atoms with van der Waals surface area (Å²) in [7, 11) is 1.73. The van der Waals surface area contributed by atoms with E-state index in [2.05, 4.69) is 0 Å². The predicted molar refractivity (Wildman–Crippen MR) is 68.9 cm³/mol. The van der Waals surface area contributed by atoms with Gasteiger partial charge in [0.25, 0.3) is 0 Å². The molecule has 0 aliphatic carbocycles. The maximum Gasteiger partial charge on any atom is 0.324 e. The van der Waals surface area contributed by atoms with Crippen molar-refractivity contribution in [1.82, 2.24) is 4.90 Å². The number of nitrogens with zero attached hydrogens (tertiary/aromatic N) is 2. The van der Waals surface area contributed by atoms with Crippen LogP contribution in [-0.2, 0) is 0 Å². The largest absolute Gasteiger partial charge is 0.330 e. The molecule has 18 heavy (non-hydrogen) atoms. The zero-order chi connectivity index (χ0) is 13.1. The van der Waals surface area contributed by atoms with Crippen LogP contribution < -0.4 is 10.6 Å². The average molecular weight is 251 g/mol. The van der Waals surface area contributed by atoms with Gasteiger partial charge >= 0.3 is 6.03 Å². The maximum atomic E-state index is 13.8. The third kappa shape index (κ3) is 2.46. The Kier molecular flexibility index (Phi) is 3.81. The Labute approximate surface area is 106 Å². The highest BCUT2D eigenvalue weighted by Gasteiger charge is 2.31. The van der Waals surface area contributed by atoms with E-state index in [0.29, 0.717) is 25.3 Å². The second-order valence-electron chi connectivity index (χ2n) is 4.67. The molecule has 1 aliphatic heterocycles. The molecule has 1 heterocycles. The van der Waals surface area contributed by atoms with Gasteiger partial charge in [-0.25, -0.2) is 9.18 Å². The van der Waals surface area contributed by atoms with Crippen molar-refractivity contribution in [3.8, 4) is 0 Å². The number of hydrogen-bond donors (Lipinski definition) is 1. The summed E-state index contributed by atoms with van der Waals surface area (Å²) in [4.78, 5) is 15.2. The van der Waals surface area contributed by atoms with Crippen LogP contribution in [0.3, 0.4) is 0 Å². The van der Waals surface area contributed by atoms with Gasteiger partial charge in [-0.15, -0.1) is 0 Å². The first kappa shape index (κ1) is 12.8. The van der Waals surface area contributed by atoms with Gasteiger partial charge in [-0.3, -0.25) is 4.90 Å². The first-order chi connectivity index (χ1) is 8.63. The van der Waals surface area contributed by atoms with Crippen molar-refractivity contribution in [2.45, 2.75) is 6.42 Å². The molecule has 1 fully saturated rings. The Morgan fingerprint density at radius 3 is 2.78 bits per heavy atom. The molecule has 1 aliphatic rings. The molecule has 5 heteroatoms. The lowest BCUT2D eigenvalue weighted by atomic mass is 10.0. The molecule has 0 bridgehead atoms. The van der Waals surface area contributed by atoms with Gasteiger partial charge in [-0.2, -0.15) is 0 Å². The molecule has 0 saturated carbocycles. The Balaban J connectivity index is 2.24. The van der Waals surface area contributed by atoms with Crippen molar-refractivity contribution < 1.29 is 9.18 Å². The zero-order valence-corrected chi connectivity index (χ0v) is 10.5. The Hall–Kier alpha value is -1.62. The number of hydrogen-bond acceptors (Lipinski definition) is 2. The topological polar surface area (TPSA) is 49.6 Å². The fraction of sp³-hybridized carbons (Fsp3) is 0.462. The highest BCUT2D eigenvalue weighted by Crippen LogP contribution is 2.25. The number of carbonyl (C=O) groups excluding carboxylic acids is 1. The van der Waals surface area contributed by atoms with E-state index in [-0.39, 0.29) is 17.8 Å². The lowest BCUT2D eigenvalue weighted by molar-refractivity contribution is 0.190. The van der Waals surface area contributed by atoms with Crippen molar-refractivity contribution in [3.63, 3.8) is 0 Å². The van der Waals surface area contributed by atoms with Crippen LogP contribution in [0.5, 0.6) is 0 Å². The number of carbonyl (C=O) groups is 1. The van der Waals surface area contributed by atoms with E-state index >= 15 is 0 Å². The first-order valence-electron chi connectivity index (χ1n) is 6.10. The maximum absolute atomic E-state index is 13.8.